The smallest absolute Gasteiger partial charge is 0.245 e. The van der Waals surface area contributed by atoms with E-state index in [4.69, 9.17) is 4.74 Å². The van der Waals surface area contributed by atoms with Gasteiger partial charge in [-0.3, -0.25) is 9.59 Å². The average molecular weight is 242 g/mol. The third-order valence-electron chi connectivity index (χ3n) is 3.22. The maximum atomic E-state index is 12.1. The molecule has 1 rings (SSSR count). The van der Waals surface area contributed by atoms with Gasteiger partial charge < -0.3 is 15.0 Å². The highest BCUT2D eigenvalue weighted by Gasteiger charge is 2.39. The number of nitrogens with zero attached hydrogens (tertiary/aromatic N) is 1. The van der Waals surface area contributed by atoms with Gasteiger partial charge in [-0.2, -0.15) is 0 Å². The van der Waals surface area contributed by atoms with Crippen LogP contribution in [0, 0.1) is 0 Å². The first-order valence-corrected chi connectivity index (χ1v) is 6.14. The normalized spacial score (nSPS) is 26.9. The number of amides is 2. The first kappa shape index (κ1) is 14.0. The van der Waals surface area contributed by atoms with Gasteiger partial charge in [0.25, 0.3) is 0 Å². The van der Waals surface area contributed by atoms with Gasteiger partial charge in [0.05, 0.1) is 0 Å². The maximum absolute atomic E-state index is 12.1. The molecule has 0 aromatic rings. The van der Waals surface area contributed by atoms with Gasteiger partial charge in [-0.25, -0.2) is 0 Å². The van der Waals surface area contributed by atoms with Gasteiger partial charge in [-0.05, 0) is 26.7 Å². The summed E-state index contributed by atoms with van der Waals surface area (Å²) < 4.78 is 5.02. The highest BCUT2D eigenvalue weighted by Crippen LogP contribution is 2.18. The third kappa shape index (κ3) is 2.97. The van der Waals surface area contributed by atoms with Crippen LogP contribution in [0.2, 0.25) is 0 Å². The molecule has 0 saturated carbocycles. The van der Waals surface area contributed by atoms with Gasteiger partial charge >= 0.3 is 0 Å². The summed E-state index contributed by atoms with van der Waals surface area (Å²) >= 11 is 0. The Hall–Kier alpha value is -1.10. The van der Waals surface area contributed by atoms with E-state index in [1.165, 1.54) is 0 Å². The number of piperazine rings is 1. The maximum Gasteiger partial charge on any atom is 0.245 e. The number of carbonyl (C=O) groups is 2. The van der Waals surface area contributed by atoms with Crippen LogP contribution in [-0.4, -0.2) is 48.6 Å². The van der Waals surface area contributed by atoms with Crippen LogP contribution in [0.5, 0.6) is 0 Å². The number of ether oxygens (including phenoxy) is 1. The summed E-state index contributed by atoms with van der Waals surface area (Å²) in [5.74, 6) is -0.0519. The minimum atomic E-state index is -0.421. The van der Waals surface area contributed by atoms with Crippen LogP contribution in [0.1, 0.15) is 33.6 Å². The molecule has 0 radical (unpaired) electrons. The molecule has 1 aliphatic rings. The summed E-state index contributed by atoms with van der Waals surface area (Å²) in [5.41, 5.74) is 0. The SMILES string of the molecule is CCC1C(=O)NC(C)C(=O)N1C(C)CCOC. The van der Waals surface area contributed by atoms with Gasteiger partial charge in [0.1, 0.15) is 12.1 Å². The van der Waals surface area contributed by atoms with Crippen molar-refractivity contribution in [3.8, 4) is 0 Å². The molecular formula is C12H22N2O3. The minimum absolute atomic E-state index is 0.0000491. The topological polar surface area (TPSA) is 58.6 Å². The molecule has 1 N–H and O–H groups in total. The van der Waals surface area contributed by atoms with Gasteiger partial charge in [-0.15, -0.1) is 0 Å². The van der Waals surface area contributed by atoms with E-state index in [1.807, 2.05) is 13.8 Å². The Morgan fingerprint density at radius 3 is 2.65 bits per heavy atom. The quantitative estimate of drug-likeness (QED) is 0.765. The summed E-state index contributed by atoms with van der Waals surface area (Å²) in [7, 11) is 1.64. The first-order chi connectivity index (χ1) is 8.02. The van der Waals surface area contributed by atoms with Gasteiger partial charge in [0.15, 0.2) is 0 Å². The van der Waals surface area contributed by atoms with Crippen LogP contribution in [0.4, 0.5) is 0 Å². The number of hydrogen-bond acceptors (Lipinski definition) is 3. The van der Waals surface area contributed by atoms with E-state index in [9.17, 15) is 9.59 Å². The van der Waals surface area contributed by atoms with E-state index in [2.05, 4.69) is 5.32 Å². The number of hydrogen-bond donors (Lipinski definition) is 1. The lowest BCUT2D eigenvalue weighted by Gasteiger charge is -2.41. The van der Waals surface area contributed by atoms with Crippen molar-refractivity contribution in [2.24, 2.45) is 0 Å². The third-order valence-corrected chi connectivity index (χ3v) is 3.22. The molecule has 1 heterocycles. The second-order valence-corrected chi connectivity index (χ2v) is 4.53. The van der Waals surface area contributed by atoms with Crippen LogP contribution in [0.25, 0.3) is 0 Å². The fourth-order valence-electron chi connectivity index (χ4n) is 2.21. The summed E-state index contributed by atoms with van der Waals surface area (Å²) in [4.78, 5) is 25.7. The molecule has 0 spiro atoms. The number of nitrogens with one attached hydrogen (secondary N) is 1. The van der Waals surface area contributed by atoms with Crippen molar-refractivity contribution < 1.29 is 14.3 Å². The summed E-state index contributed by atoms with van der Waals surface area (Å²) in [6, 6.07) is -0.734. The van der Waals surface area contributed by atoms with Crippen molar-refractivity contribution in [1.82, 2.24) is 10.2 Å². The number of rotatable bonds is 5. The molecule has 0 aromatic heterocycles. The number of methoxy groups -OCH3 is 1. The van der Waals surface area contributed by atoms with Crippen LogP contribution in [0.3, 0.4) is 0 Å². The van der Waals surface area contributed by atoms with E-state index >= 15 is 0 Å². The highest BCUT2D eigenvalue weighted by molar-refractivity contribution is 5.96. The Labute approximate surface area is 102 Å². The monoisotopic (exact) mass is 242 g/mol. The molecule has 1 fully saturated rings. The lowest BCUT2D eigenvalue weighted by molar-refractivity contribution is -0.151. The molecule has 1 saturated heterocycles. The molecule has 0 aliphatic carbocycles. The number of carbonyl (C=O) groups excluding carboxylic acids is 2. The van der Waals surface area contributed by atoms with Crippen LogP contribution < -0.4 is 5.32 Å². The van der Waals surface area contributed by atoms with E-state index in [-0.39, 0.29) is 23.9 Å². The van der Waals surface area contributed by atoms with Gasteiger partial charge in [0.2, 0.25) is 11.8 Å². The molecule has 5 heteroatoms. The lowest BCUT2D eigenvalue weighted by Crippen LogP contribution is -2.64. The Balaban J connectivity index is 2.81. The molecule has 17 heavy (non-hydrogen) atoms. The summed E-state index contributed by atoms with van der Waals surface area (Å²) in [6.07, 6.45) is 1.39. The molecule has 3 unspecified atom stereocenters. The van der Waals surface area contributed by atoms with Crippen LogP contribution >= 0.6 is 0 Å². The molecular weight excluding hydrogens is 220 g/mol. The van der Waals surface area contributed by atoms with Crippen molar-refractivity contribution in [2.45, 2.75) is 51.7 Å². The fourth-order valence-corrected chi connectivity index (χ4v) is 2.21. The van der Waals surface area contributed by atoms with Gasteiger partial charge in [-0.1, -0.05) is 6.92 Å². The van der Waals surface area contributed by atoms with E-state index in [0.717, 1.165) is 6.42 Å². The molecule has 5 nitrogen and oxygen atoms in total. The van der Waals surface area contributed by atoms with Crippen LogP contribution in [-0.2, 0) is 14.3 Å². The van der Waals surface area contributed by atoms with Gasteiger partial charge in [0, 0.05) is 19.8 Å². The zero-order chi connectivity index (χ0) is 13.0. The largest absolute Gasteiger partial charge is 0.385 e. The second-order valence-electron chi connectivity index (χ2n) is 4.53. The fraction of sp³-hybridized carbons (Fsp3) is 0.833. The van der Waals surface area contributed by atoms with E-state index in [0.29, 0.717) is 13.0 Å². The standard InChI is InChI=1S/C12H22N2O3/c1-5-10-11(15)13-9(3)12(16)14(10)8(2)6-7-17-4/h8-10H,5-7H2,1-4H3,(H,13,15). The highest BCUT2D eigenvalue weighted by atomic mass is 16.5. The lowest BCUT2D eigenvalue weighted by atomic mass is 10.0. The molecule has 2 amide bonds. The van der Waals surface area contributed by atoms with Crippen molar-refractivity contribution in [2.75, 3.05) is 13.7 Å². The van der Waals surface area contributed by atoms with E-state index in [1.54, 1.807) is 18.9 Å². The van der Waals surface area contributed by atoms with Crippen molar-refractivity contribution in [1.29, 1.82) is 0 Å². The Kier molecular flexibility index (Phi) is 4.93. The molecule has 1 aliphatic heterocycles. The zero-order valence-corrected chi connectivity index (χ0v) is 11.0. The predicted molar refractivity (Wildman–Crippen MR) is 64.5 cm³/mol. The average Bonchev–Trinajstić information content (AvgIpc) is 2.30. The molecule has 3 atom stereocenters. The zero-order valence-electron chi connectivity index (χ0n) is 11.0. The Morgan fingerprint density at radius 2 is 2.12 bits per heavy atom. The molecule has 98 valence electrons. The van der Waals surface area contributed by atoms with Crippen molar-refractivity contribution >= 4 is 11.8 Å². The summed E-state index contributed by atoms with van der Waals surface area (Å²) in [5, 5.41) is 2.71. The minimum Gasteiger partial charge on any atom is -0.385 e. The van der Waals surface area contributed by atoms with E-state index < -0.39 is 6.04 Å². The Bertz CT molecular complexity index is 293. The summed E-state index contributed by atoms with van der Waals surface area (Å²) in [6.45, 7) is 6.20. The predicted octanol–water partition coefficient (Wildman–Crippen LogP) is 0.537. The van der Waals surface area contributed by atoms with Crippen molar-refractivity contribution in [3.05, 3.63) is 0 Å². The Morgan fingerprint density at radius 1 is 1.47 bits per heavy atom. The van der Waals surface area contributed by atoms with Crippen LogP contribution in [0.15, 0.2) is 0 Å². The second kappa shape index (κ2) is 6.00. The van der Waals surface area contributed by atoms with Crippen molar-refractivity contribution in [3.63, 3.8) is 0 Å². The first-order valence-electron chi connectivity index (χ1n) is 6.14. The molecule has 0 bridgehead atoms. The molecule has 0 aromatic carbocycles.